The highest BCUT2D eigenvalue weighted by Gasteiger charge is 2.07. The number of para-hydroxylation sites is 1. The summed E-state index contributed by atoms with van der Waals surface area (Å²) >= 11 is 0. The van der Waals surface area contributed by atoms with Crippen molar-refractivity contribution in [2.45, 2.75) is 19.9 Å². The average molecular weight is 174 g/mol. The molecule has 1 aromatic heterocycles. The Labute approximate surface area is 77.8 Å². The predicted octanol–water partition coefficient (Wildman–Crippen LogP) is 2.50. The van der Waals surface area contributed by atoms with Crippen molar-refractivity contribution in [2.75, 3.05) is 0 Å². The van der Waals surface area contributed by atoms with Crippen LogP contribution in [0.5, 0.6) is 0 Å². The van der Waals surface area contributed by atoms with Gasteiger partial charge < -0.3 is 10.7 Å². The van der Waals surface area contributed by atoms with Gasteiger partial charge in [0.15, 0.2) is 0 Å². The highest BCUT2D eigenvalue weighted by molar-refractivity contribution is 5.86. The standard InChI is InChI=1S/C11H14N2/c1-7-4-3-5-9-10(8(2)12)6-13-11(7)9/h3-6,8,13H,12H2,1-2H3. The van der Waals surface area contributed by atoms with Crippen LogP contribution < -0.4 is 5.73 Å². The van der Waals surface area contributed by atoms with Gasteiger partial charge in [0.1, 0.15) is 0 Å². The van der Waals surface area contributed by atoms with Crippen molar-refractivity contribution in [1.29, 1.82) is 0 Å². The van der Waals surface area contributed by atoms with E-state index >= 15 is 0 Å². The van der Waals surface area contributed by atoms with Crippen LogP contribution in [0.4, 0.5) is 0 Å². The maximum absolute atomic E-state index is 5.85. The molecular formula is C11H14N2. The van der Waals surface area contributed by atoms with Crippen LogP contribution in [0.25, 0.3) is 10.9 Å². The molecule has 2 nitrogen and oxygen atoms in total. The summed E-state index contributed by atoms with van der Waals surface area (Å²) in [6.07, 6.45) is 2.00. The van der Waals surface area contributed by atoms with E-state index in [1.54, 1.807) is 0 Å². The fourth-order valence-electron chi connectivity index (χ4n) is 1.70. The minimum atomic E-state index is 0.0931. The Hall–Kier alpha value is -1.28. The van der Waals surface area contributed by atoms with E-state index in [2.05, 4.69) is 30.1 Å². The SMILES string of the molecule is Cc1cccc2c(C(C)N)c[nH]c12. The van der Waals surface area contributed by atoms with Crippen LogP contribution in [-0.4, -0.2) is 4.98 Å². The Morgan fingerprint density at radius 2 is 2.15 bits per heavy atom. The minimum absolute atomic E-state index is 0.0931. The molecule has 0 saturated heterocycles. The molecule has 2 heteroatoms. The quantitative estimate of drug-likeness (QED) is 0.685. The highest BCUT2D eigenvalue weighted by Crippen LogP contribution is 2.24. The number of aromatic amines is 1. The summed E-state index contributed by atoms with van der Waals surface area (Å²) in [6.45, 7) is 4.11. The van der Waals surface area contributed by atoms with Gasteiger partial charge in [0.05, 0.1) is 0 Å². The zero-order chi connectivity index (χ0) is 9.42. The second-order valence-corrected chi connectivity index (χ2v) is 3.53. The number of hydrogen-bond donors (Lipinski definition) is 2. The Morgan fingerprint density at radius 1 is 1.38 bits per heavy atom. The van der Waals surface area contributed by atoms with Crippen LogP contribution in [0.1, 0.15) is 24.1 Å². The second kappa shape index (κ2) is 2.89. The number of fused-ring (bicyclic) bond motifs is 1. The number of nitrogens with two attached hydrogens (primary N) is 1. The molecule has 68 valence electrons. The fraction of sp³-hybridized carbons (Fsp3) is 0.273. The van der Waals surface area contributed by atoms with Gasteiger partial charge in [-0.25, -0.2) is 0 Å². The van der Waals surface area contributed by atoms with E-state index in [-0.39, 0.29) is 6.04 Å². The summed E-state index contributed by atoms with van der Waals surface area (Å²) in [7, 11) is 0. The highest BCUT2D eigenvalue weighted by atomic mass is 14.7. The third-order valence-electron chi connectivity index (χ3n) is 2.45. The van der Waals surface area contributed by atoms with Gasteiger partial charge in [-0.15, -0.1) is 0 Å². The van der Waals surface area contributed by atoms with Crippen molar-refractivity contribution in [1.82, 2.24) is 4.98 Å². The number of aryl methyl sites for hydroxylation is 1. The fourth-order valence-corrected chi connectivity index (χ4v) is 1.70. The Kier molecular flexibility index (Phi) is 1.85. The lowest BCUT2D eigenvalue weighted by molar-refractivity contribution is 0.826. The number of benzene rings is 1. The monoisotopic (exact) mass is 174 g/mol. The summed E-state index contributed by atoms with van der Waals surface area (Å²) in [5.74, 6) is 0. The second-order valence-electron chi connectivity index (χ2n) is 3.53. The van der Waals surface area contributed by atoms with Gasteiger partial charge in [0.2, 0.25) is 0 Å². The van der Waals surface area contributed by atoms with Crippen LogP contribution in [0.2, 0.25) is 0 Å². The molecule has 0 aliphatic carbocycles. The zero-order valence-corrected chi connectivity index (χ0v) is 7.96. The zero-order valence-electron chi connectivity index (χ0n) is 7.96. The molecule has 0 bridgehead atoms. The van der Waals surface area contributed by atoms with Gasteiger partial charge in [-0.3, -0.25) is 0 Å². The van der Waals surface area contributed by atoms with E-state index < -0.39 is 0 Å². The Morgan fingerprint density at radius 3 is 2.85 bits per heavy atom. The van der Waals surface area contributed by atoms with E-state index in [1.165, 1.54) is 22.0 Å². The van der Waals surface area contributed by atoms with Crippen molar-refractivity contribution in [3.8, 4) is 0 Å². The van der Waals surface area contributed by atoms with Crippen LogP contribution >= 0.6 is 0 Å². The van der Waals surface area contributed by atoms with Crippen molar-refractivity contribution >= 4 is 10.9 Å². The Bertz CT molecular complexity index is 427. The molecule has 0 aliphatic rings. The van der Waals surface area contributed by atoms with E-state index in [0.717, 1.165) is 0 Å². The van der Waals surface area contributed by atoms with Crippen molar-refractivity contribution in [2.24, 2.45) is 5.73 Å². The van der Waals surface area contributed by atoms with E-state index in [9.17, 15) is 0 Å². The van der Waals surface area contributed by atoms with Crippen LogP contribution in [0.3, 0.4) is 0 Å². The van der Waals surface area contributed by atoms with Crippen LogP contribution in [0.15, 0.2) is 24.4 Å². The molecule has 0 fully saturated rings. The summed E-state index contributed by atoms with van der Waals surface area (Å²) in [5.41, 5.74) is 9.52. The molecule has 1 unspecified atom stereocenters. The molecule has 0 radical (unpaired) electrons. The number of nitrogens with one attached hydrogen (secondary N) is 1. The van der Waals surface area contributed by atoms with Gasteiger partial charge >= 0.3 is 0 Å². The van der Waals surface area contributed by atoms with Crippen molar-refractivity contribution in [3.05, 3.63) is 35.5 Å². The van der Waals surface area contributed by atoms with Gasteiger partial charge in [-0.2, -0.15) is 0 Å². The number of hydrogen-bond acceptors (Lipinski definition) is 1. The molecule has 1 heterocycles. The molecule has 0 spiro atoms. The maximum Gasteiger partial charge on any atom is 0.0487 e. The van der Waals surface area contributed by atoms with Crippen molar-refractivity contribution < 1.29 is 0 Å². The summed E-state index contributed by atoms with van der Waals surface area (Å²) in [4.78, 5) is 3.26. The maximum atomic E-state index is 5.85. The van der Waals surface area contributed by atoms with Crippen molar-refractivity contribution in [3.63, 3.8) is 0 Å². The first-order chi connectivity index (χ1) is 6.20. The number of H-pyrrole nitrogens is 1. The number of aromatic nitrogens is 1. The van der Waals surface area contributed by atoms with E-state index in [4.69, 9.17) is 5.73 Å². The van der Waals surface area contributed by atoms with Gasteiger partial charge in [-0.1, -0.05) is 18.2 Å². The lowest BCUT2D eigenvalue weighted by Crippen LogP contribution is -2.03. The molecule has 0 saturated carbocycles. The largest absolute Gasteiger partial charge is 0.361 e. The number of rotatable bonds is 1. The molecule has 2 aromatic rings. The summed E-state index contributed by atoms with van der Waals surface area (Å²) < 4.78 is 0. The molecule has 1 atom stereocenters. The lowest BCUT2D eigenvalue weighted by Gasteiger charge is -2.02. The van der Waals surface area contributed by atoms with Crippen LogP contribution in [0, 0.1) is 6.92 Å². The van der Waals surface area contributed by atoms with Gasteiger partial charge in [0.25, 0.3) is 0 Å². The topological polar surface area (TPSA) is 41.8 Å². The minimum Gasteiger partial charge on any atom is -0.361 e. The van der Waals surface area contributed by atoms with Crippen LogP contribution in [-0.2, 0) is 0 Å². The molecule has 3 N–H and O–H groups in total. The smallest absolute Gasteiger partial charge is 0.0487 e. The third-order valence-corrected chi connectivity index (χ3v) is 2.45. The normalized spacial score (nSPS) is 13.5. The predicted molar refractivity (Wildman–Crippen MR) is 55.6 cm³/mol. The molecular weight excluding hydrogens is 160 g/mol. The molecule has 13 heavy (non-hydrogen) atoms. The first kappa shape index (κ1) is 8.32. The third kappa shape index (κ3) is 1.23. The lowest BCUT2D eigenvalue weighted by atomic mass is 10.1. The molecule has 0 amide bonds. The Balaban J connectivity index is 2.75. The van der Waals surface area contributed by atoms with E-state index in [1.807, 2.05) is 13.1 Å². The average Bonchev–Trinajstić information content (AvgIpc) is 2.48. The molecule has 0 aliphatic heterocycles. The molecule has 1 aromatic carbocycles. The van der Waals surface area contributed by atoms with Gasteiger partial charge in [-0.05, 0) is 25.0 Å². The van der Waals surface area contributed by atoms with E-state index in [0.29, 0.717) is 0 Å². The van der Waals surface area contributed by atoms with Gasteiger partial charge in [0, 0.05) is 23.1 Å². The summed E-state index contributed by atoms with van der Waals surface area (Å²) in [6, 6.07) is 6.37. The first-order valence-electron chi connectivity index (χ1n) is 4.52. The molecule has 2 rings (SSSR count). The summed E-state index contributed by atoms with van der Waals surface area (Å²) in [5, 5.41) is 1.25. The first-order valence-corrected chi connectivity index (χ1v) is 4.52.